The average Bonchev–Trinajstić information content (AvgIpc) is 2.72. The van der Waals surface area contributed by atoms with Crippen molar-refractivity contribution in [3.05, 3.63) is 60.2 Å². The standard InChI is InChI=1S/C18H15N/c1-12-6-5-7-13-10-16-14-8-3-4-9-17(14)19(2)18(16)11-15(12)13/h3-11H,1-2H3. The van der Waals surface area contributed by atoms with Crippen LogP contribution in [0.5, 0.6) is 0 Å². The second-order valence-corrected chi connectivity index (χ2v) is 5.24. The molecule has 0 fully saturated rings. The summed E-state index contributed by atoms with van der Waals surface area (Å²) in [5, 5.41) is 5.35. The fraction of sp³-hybridized carbons (Fsp3) is 0.111. The lowest BCUT2D eigenvalue weighted by Gasteiger charge is -2.04. The van der Waals surface area contributed by atoms with Crippen LogP contribution in [0.25, 0.3) is 32.6 Å². The molecule has 4 rings (SSSR count). The van der Waals surface area contributed by atoms with E-state index in [1.807, 2.05) is 0 Å². The maximum atomic E-state index is 2.32. The molecule has 1 heterocycles. The molecule has 1 aromatic heterocycles. The Kier molecular flexibility index (Phi) is 2.02. The zero-order valence-electron chi connectivity index (χ0n) is 11.1. The van der Waals surface area contributed by atoms with Crippen LogP contribution >= 0.6 is 0 Å². The molecule has 0 aliphatic heterocycles. The lowest BCUT2D eigenvalue weighted by molar-refractivity contribution is 1.02. The highest BCUT2D eigenvalue weighted by atomic mass is 14.9. The predicted molar refractivity (Wildman–Crippen MR) is 82.7 cm³/mol. The van der Waals surface area contributed by atoms with Crippen LogP contribution in [0.2, 0.25) is 0 Å². The second-order valence-electron chi connectivity index (χ2n) is 5.24. The summed E-state index contributed by atoms with van der Waals surface area (Å²) in [6.45, 7) is 2.18. The highest BCUT2D eigenvalue weighted by Gasteiger charge is 2.09. The molecule has 1 nitrogen and oxygen atoms in total. The van der Waals surface area contributed by atoms with Gasteiger partial charge in [0.1, 0.15) is 0 Å². The topological polar surface area (TPSA) is 4.93 Å². The minimum atomic E-state index is 1.30. The molecule has 0 unspecified atom stereocenters. The summed E-state index contributed by atoms with van der Waals surface area (Å²) >= 11 is 0. The lowest BCUT2D eigenvalue weighted by atomic mass is 10.0. The summed E-state index contributed by atoms with van der Waals surface area (Å²) in [4.78, 5) is 0. The highest BCUT2D eigenvalue weighted by Crippen LogP contribution is 2.32. The third kappa shape index (κ3) is 1.36. The molecular formula is C18H15N. The number of benzene rings is 3. The fourth-order valence-corrected chi connectivity index (χ4v) is 3.09. The van der Waals surface area contributed by atoms with E-state index >= 15 is 0 Å². The third-order valence-corrected chi connectivity index (χ3v) is 4.13. The molecular weight excluding hydrogens is 230 g/mol. The van der Waals surface area contributed by atoms with Crippen molar-refractivity contribution in [3.63, 3.8) is 0 Å². The molecule has 3 aromatic carbocycles. The van der Waals surface area contributed by atoms with Gasteiger partial charge in [0, 0.05) is 28.9 Å². The number of hydrogen-bond donors (Lipinski definition) is 0. The lowest BCUT2D eigenvalue weighted by Crippen LogP contribution is -1.86. The quantitative estimate of drug-likeness (QED) is 0.419. The Morgan fingerprint density at radius 1 is 0.737 bits per heavy atom. The van der Waals surface area contributed by atoms with Crippen LogP contribution < -0.4 is 0 Å². The molecule has 0 atom stereocenters. The van der Waals surface area contributed by atoms with Crippen molar-refractivity contribution in [3.8, 4) is 0 Å². The first kappa shape index (κ1) is 10.6. The van der Waals surface area contributed by atoms with Crippen molar-refractivity contribution in [1.82, 2.24) is 4.57 Å². The molecule has 0 aliphatic rings. The molecule has 0 spiro atoms. The van der Waals surface area contributed by atoms with Gasteiger partial charge < -0.3 is 4.57 Å². The third-order valence-electron chi connectivity index (χ3n) is 4.13. The Morgan fingerprint density at radius 3 is 2.47 bits per heavy atom. The number of hydrogen-bond acceptors (Lipinski definition) is 0. The van der Waals surface area contributed by atoms with Crippen LogP contribution in [0, 0.1) is 6.92 Å². The zero-order chi connectivity index (χ0) is 13.0. The molecule has 1 heteroatoms. The van der Waals surface area contributed by atoms with Gasteiger partial charge in [-0.2, -0.15) is 0 Å². The molecule has 0 amide bonds. The smallest absolute Gasteiger partial charge is 0.0495 e. The summed E-state index contributed by atoms with van der Waals surface area (Å²) in [7, 11) is 2.15. The van der Waals surface area contributed by atoms with E-state index in [-0.39, 0.29) is 0 Å². The molecule has 0 N–H and O–H groups in total. The monoisotopic (exact) mass is 245 g/mol. The van der Waals surface area contributed by atoms with E-state index in [0.29, 0.717) is 0 Å². The molecule has 19 heavy (non-hydrogen) atoms. The van der Waals surface area contributed by atoms with Crippen LogP contribution in [0.4, 0.5) is 0 Å². The number of para-hydroxylation sites is 1. The zero-order valence-corrected chi connectivity index (χ0v) is 11.1. The maximum Gasteiger partial charge on any atom is 0.0495 e. The van der Waals surface area contributed by atoms with Crippen LogP contribution in [-0.2, 0) is 7.05 Å². The van der Waals surface area contributed by atoms with Crippen LogP contribution in [0.15, 0.2) is 54.6 Å². The van der Waals surface area contributed by atoms with Gasteiger partial charge in [-0.05, 0) is 41.5 Å². The van der Waals surface area contributed by atoms with Crippen molar-refractivity contribution in [1.29, 1.82) is 0 Å². The predicted octanol–water partition coefficient (Wildman–Crippen LogP) is 4.79. The van der Waals surface area contributed by atoms with Gasteiger partial charge in [-0.1, -0.05) is 36.4 Å². The second kappa shape index (κ2) is 3.61. The summed E-state index contributed by atoms with van der Waals surface area (Å²) < 4.78 is 2.29. The van der Waals surface area contributed by atoms with E-state index in [4.69, 9.17) is 0 Å². The molecule has 92 valence electrons. The first-order valence-corrected chi connectivity index (χ1v) is 6.62. The fourth-order valence-electron chi connectivity index (χ4n) is 3.09. The molecule has 0 aliphatic carbocycles. The molecule has 0 saturated heterocycles. The van der Waals surface area contributed by atoms with Crippen molar-refractivity contribution in [2.24, 2.45) is 7.05 Å². The van der Waals surface area contributed by atoms with Gasteiger partial charge in [-0.25, -0.2) is 0 Å². The van der Waals surface area contributed by atoms with Gasteiger partial charge in [0.25, 0.3) is 0 Å². The number of rotatable bonds is 0. The van der Waals surface area contributed by atoms with Gasteiger partial charge in [-0.15, -0.1) is 0 Å². The summed E-state index contributed by atoms with van der Waals surface area (Å²) in [6.07, 6.45) is 0. The normalized spacial score (nSPS) is 11.7. The van der Waals surface area contributed by atoms with Gasteiger partial charge in [0.05, 0.1) is 0 Å². The van der Waals surface area contributed by atoms with Crippen molar-refractivity contribution < 1.29 is 0 Å². The van der Waals surface area contributed by atoms with Crippen molar-refractivity contribution in [2.75, 3.05) is 0 Å². The van der Waals surface area contributed by atoms with Crippen LogP contribution in [-0.4, -0.2) is 4.57 Å². The Balaban J connectivity index is 2.32. The van der Waals surface area contributed by atoms with Crippen LogP contribution in [0.1, 0.15) is 5.56 Å². The summed E-state index contributed by atoms with van der Waals surface area (Å²) in [5.74, 6) is 0. The van der Waals surface area contributed by atoms with E-state index in [0.717, 1.165) is 0 Å². The van der Waals surface area contributed by atoms with E-state index in [2.05, 4.69) is 73.1 Å². The van der Waals surface area contributed by atoms with Gasteiger partial charge in [0.15, 0.2) is 0 Å². The van der Waals surface area contributed by atoms with Gasteiger partial charge in [-0.3, -0.25) is 0 Å². The Labute approximate surface area is 112 Å². The van der Waals surface area contributed by atoms with E-state index in [1.165, 1.54) is 38.1 Å². The molecule has 0 radical (unpaired) electrons. The minimum Gasteiger partial charge on any atom is -0.344 e. The Bertz CT molecular complexity index is 929. The maximum absolute atomic E-state index is 2.32. The Morgan fingerprint density at radius 2 is 1.58 bits per heavy atom. The average molecular weight is 245 g/mol. The number of fused-ring (bicyclic) bond motifs is 4. The first-order valence-electron chi connectivity index (χ1n) is 6.62. The first-order chi connectivity index (χ1) is 9.25. The summed E-state index contributed by atoms with van der Waals surface area (Å²) in [6, 6.07) is 19.8. The molecule has 0 saturated carbocycles. The summed E-state index contributed by atoms with van der Waals surface area (Å²) in [5.41, 5.74) is 3.94. The van der Waals surface area contributed by atoms with E-state index in [9.17, 15) is 0 Å². The van der Waals surface area contributed by atoms with E-state index < -0.39 is 0 Å². The largest absolute Gasteiger partial charge is 0.344 e. The number of nitrogens with zero attached hydrogens (tertiary/aromatic N) is 1. The minimum absolute atomic E-state index is 1.30. The van der Waals surface area contributed by atoms with Crippen molar-refractivity contribution >= 4 is 32.6 Å². The number of aryl methyl sites for hydroxylation is 2. The SMILES string of the molecule is Cc1cccc2cc3c4ccccc4n(C)c3cc12. The Hall–Kier alpha value is -2.28. The van der Waals surface area contributed by atoms with Crippen LogP contribution in [0.3, 0.4) is 0 Å². The highest BCUT2D eigenvalue weighted by molar-refractivity contribution is 6.12. The van der Waals surface area contributed by atoms with E-state index in [1.54, 1.807) is 0 Å². The van der Waals surface area contributed by atoms with Crippen molar-refractivity contribution in [2.45, 2.75) is 6.92 Å². The van der Waals surface area contributed by atoms with Gasteiger partial charge in [0.2, 0.25) is 0 Å². The van der Waals surface area contributed by atoms with Gasteiger partial charge >= 0.3 is 0 Å². The molecule has 4 aromatic rings. The molecule has 0 bridgehead atoms. The number of aromatic nitrogens is 1.